The molecule has 1 atom stereocenters. The highest BCUT2D eigenvalue weighted by molar-refractivity contribution is 5.72. The number of carbonyl (C=O) groups excluding carboxylic acids is 1. The quantitative estimate of drug-likeness (QED) is 0.758. The van der Waals surface area contributed by atoms with E-state index in [1.807, 2.05) is 19.1 Å². The van der Waals surface area contributed by atoms with Crippen LogP contribution in [0.3, 0.4) is 0 Å². The Bertz CT molecular complexity index is 501. The Balaban J connectivity index is 1.79. The van der Waals surface area contributed by atoms with Gasteiger partial charge in [-0.15, -0.1) is 0 Å². The van der Waals surface area contributed by atoms with Gasteiger partial charge in [-0.2, -0.15) is 0 Å². The minimum atomic E-state index is -0.0531. The lowest BCUT2D eigenvalue weighted by Crippen LogP contribution is -2.41. The lowest BCUT2D eigenvalue weighted by molar-refractivity contribution is -0.150. The van der Waals surface area contributed by atoms with E-state index in [4.69, 9.17) is 9.47 Å². The smallest absolute Gasteiger partial charge is 0.310 e. The van der Waals surface area contributed by atoms with E-state index in [1.165, 1.54) is 11.1 Å². The van der Waals surface area contributed by atoms with E-state index in [2.05, 4.69) is 24.8 Å². The van der Waals surface area contributed by atoms with Gasteiger partial charge in [-0.1, -0.05) is 12.1 Å². The Morgan fingerprint density at radius 3 is 2.95 bits per heavy atom. The summed E-state index contributed by atoms with van der Waals surface area (Å²) in [6.07, 6.45) is 1.99. The van der Waals surface area contributed by atoms with Gasteiger partial charge in [0.2, 0.25) is 0 Å². The number of hydrogen-bond donors (Lipinski definition) is 0. The van der Waals surface area contributed by atoms with Crippen LogP contribution in [-0.2, 0) is 9.53 Å². The number of rotatable bonds is 6. The molecular weight excluding hydrogens is 278 g/mol. The molecule has 122 valence electrons. The lowest BCUT2D eigenvalue weighted by Gasteiger charge is -2.31. The molecule has 0 amide bonds. The first-order valence-corrected chi connectivity index (χ1v) is 8.19. The zero-order chi connectivity index (χ0) is 15.9. The summed E-state index contributed by atoms with van der Waals surface area (Å²) >= 11 is 0. The molecule has 1 aliphatic rings. The molecule has 1 heterocycles. The van der Waals surface area contributed by atoms with Gasteiger partial charge in [-0.05, 0) is 57.4 Å². The molecule has 0 unspecified atom stereocenters. The molecule has 0 N–H and O–H groups in total. The van der Waals surface area contributed by atoms with Crippen molar-refractivity contribution in [3.63, 3.8) is 0 Å². The molecular formula is C18H27NO3. The van der Waals surface area contributed by atoms with E-state index < -0.39 is 0 Å². The summed E-state index contributed by atoms with van der Waals surface area (Å²) in [5, 5.41) is 0. The standard InChI is InChI=1S/C18H27NO3/c1-4-21-18(20)16-8-6-10-19(13-16)11-12-22-17-9-5-7-14(2)15(17)3/h5,7,9,16H,4,6,8,10-13H2,1-3H3/t16-/m0/s1. The third-order valence-electron chi connectivity index (χ3n) is 4.35. The van der Waals surface area contributed by atoms with Crippen molar-refractivity contribution in [3.05, 3.63) is 29.3 Å². The van der Waals surface area contributed by atoms with Crippen molar-refractivity contribution in [1.82, 2.24) is 4.90 Å². The van der Waals surface area contributed by atoms with Gasteiger partial charge >= 0.3 is 5.97 Å². The Morgan fingerprint density at radius 1 is 1.36 bits per heavy atom. The molecule has 1 aromatic carbocycles. The summed E-state index contributed by atoms with van der Waals surface area (Å²) in [6.45, 7) is 9.82. The van der Waals surface area contributed by atoms with E-state index in [1.54, 1.807) is 0 Å². The van der Waals surface area contributed by atoms with Crippen molar-refractivity contribution in [2.24, 2.45) is 5.92 Å². The van der Waals surface area contributed by atoms with Crippen molar-refractivity contribution >= 4 is 5.97 Å². The fourth-order valence-electron chi connectivity index (χ4n) is 2.88. The fourth-order valence-corrected chi connectivity index (χ4v) is 2.88. The number of nitrogens with zero attached hydrogens (tertiary/aromatic N) is 1. The SMILES string of the molecule is CCOC(=O)[C@H]1CCCN(CCOc2cccc(C)c2C)C1. The normalized spacial score (nSPS) is 19.0. The number of piperidine rings is 1. The van der Waals surface area contributed by atoms with E-state index in [0.29, 0.717) is 13.2 Å². The van der Waals surface area contributed by atoms with Gasteiger partial charge in [-0.25, -0.2) is 0 Å². The van der Waals surface area contributed by atoms with E-state index >= 15 is 0 Å². The maximum Gasteiger partial charge on any atom is 0.310 e. The molecule has 22 heavy (non-hydrogen) atoms. The summed E-state index contributed by atoms with van der Waals surface area (Å²) < 4.78 is 11.0. The second-order valence-electron chi connectivity index (χ2n) is 5.94. The van der Waals surface area contributed by atoms with Crippen LogP contribution < -0.4 is 4.74 Å². The molecule has 4 heteroatoms. The van der Waals surface area contributed by atoms with Crippen molar-refractivity contribution in [1.29, 1.82) is 0 Å². The first-order chi connectivity index (χ1) is 10.6. The summed E-state index contributed by atoms with van der Waals surface area (Å²) in [6, 6.07) is 6.13. The topological polar surface area (TPSA) is 38.8 Å². The number of carbonyl (C=O) groups is 1. The third-order valence-corrected chi connectivity index (χ3v) is 4.35. The van der Waals surface area contributed by atoms with E-state index in [0.717, 1.165) is 38.2 Å². The monoisotopic (exact) mass is 305 g/mol. The third kappa shape index (κ3) is 4.47. The highest BCUT2D eigenvalue weighted by Gasteiger charge is 2.26. The highest BCUT2D eigenvalue weighted by Crippen LogP contribution is 2.21. The second kappa shape index (κ2) is 8.18. The van der Waals surface area contributed by atoms with Crippen LogP contribution in [-0.4, -0.2) is 43.7 Å². The van der Waals surface area contributed by atoms with Crippen LogP contribution in [0, 0.1) is 19.8 Å². The van der Waals surface area contributed by atoms with Gasteiger partial charge < -0.3 is 9.47 Å². The number of aryl methyl sites for hydroxylation is 1. The van der Waals surface area contributed by atoms with Crippen LogP contribution in [0.1, 0.15) is 30.9 Å². The molecule has 0 aromatic heterocycles. The van der Waals surface area contributed by atoms with Gasteiger partial charge in [0, 0.05) is 13.1 Å². The van der Waals surface area contributed by atoms with E-state index in [9.17, 15) is 4.79 Å². The van der Waals surface area contributed by atoms with Crippen LogP contribution in [0.5, 0.6) is 5.75 Å². The van der Waals surface area contributed by atoms with Crippen molar-refractivity contribution < 1.29 is 14.3 Å². The number of benzene rings is 1. The van der Waals surface area contributed by atoms with Crippen molar-refractivity contribution in [2.75, 3.05) is 32.8 Å². The van der Waals surface area contributed by atoms with Crippen molar-refractivity contribution in [3.8, 4) is 5.75 Å². The van der Waals surface area contributed by atoms with Crippen LogP contribution in [0.4, 0.5) is 0 Å². The van der Waals surface area contributed by atoms with Gasteiger partial charge in [-0.3, -0.25) is 9.69 Å². The first kappa shape index (κ1) is 16.8. The zero-order valence-corrected chi connectivity index (χ0v) is 13.9. The largest absolute Gasteiger partial charge is 0.492 e. The molecule has 0 spiro atoms. The number of likely N-dealkylation sites (tertiary alicyclic amines) is 1. The molecule has 1 saturated heterocycles. The number of hydrogen-bond acceptors (Lipinski definition) is 4. The minimum absolute atomic E-state index is 0.0226. The summed E-state index contributed by atoms with van der Waals surface area (Å²) in [7, 11) is 0. The molecule has 1 aliphatic heterocycles. The Hall–Kier alpha value is -1.55. The number of esters is 1. The highest BCUT2D eigenvalue weighted by atomic mass is 16.5. The molecule has 1 fully saturated rings. The second-order valence-corrected chi connectivity index (χ2v) is 5.94. The van der Waals surface area contributed by atoms with Crippen LogP contribution in [0.2, 0.25) is 0 Å². The predicted octanol–water partition coefficient (Wildman–Crippen LogP) is 2.96. The average molecular weight is 305 g/mol. The van der Waals surface area contributed by atoms with Crippen LogP contribution in [0.15, 0.2) is 18.2 Å². The van der Waals surface area contributed by atoms with Gasteiger partial charge in [0.05, 0.1) is 12.5 Å². The molecule has 2 rings (SSSR count). The lowest BCUT2D eigenvalue weighted by atomic mass is 9.98. The van der Waals surface area contributed by atoms with Gasteiger partial charge in [0.15, 0.2) is 0 Å². The van der Waals surface area contributed by atoms with Crippen LogP contribution in [0.25, 0.3) is 0 Å². The van der Waals surface area contributed by atoms with Gasteiger partial charge in [0.25, 0.3) is 0 Å². The molecule has 4 nitrogen and oxygen atoms in total. The predicted molar refractivity (Wildman–Crippen MR) is 87.2 cm³/mol. The fraction of sp³-hybridized carbons (Fsp3) is 0.611. The average Bonchev–Trinajstić information content (AvgIpc) is 2.52. The Labute approximate surface area is 133 Å². The van der Waals surface area contributed by atoms with Crippen molar-refractivity contribution in [2.45, 2.75) is 33.6 Å². The molecule has 1 aromatic rings. The first-order valence-electron chi connectivity index (χ1n) is 8.19. The maximum atomic E-state index is 11.8. The molecule has 0 radical (unpaired) electrons. The molecule has 0 aliphatic carbocycles. The Kier molecular flexibility index (Phi) is 6.25. The van der Waals surface area contributed by atoms with E-state index in [-0.39, 0.29) is 11.9 Å². The zero-order valence-electron chi connectivity index (χ0n) is 13.9. The van der Waals surface area contributed by atoms with Gasteiger partial charge in [0.1, 0.15) is 12.4 Å². The summed E-state index contributed by atoms with van der Waals surface area (Å²) in [5.74, 6) is 0.927. The maximum absolute atomic E-state index is 11.8. The summed E-state index contributed by atoms with van der Waals surface area (Å²) in [4.78, 5) is 14.1. The number of ether oxygens (including phenoxy) is 2. The molecule has 0 saturated carbocycles. The van der Waals surface area contributed by atoms with Crippen LogP contribution >= 0.6 is 0 Å². The summed E-state index contributed by atoms with van der Waals surface area (Å²) in [5.41, 5.74) is 2.45. The Morgan fingerprint density at radius 2 is 2.18 bits per heavy atom. The molecule has 0 bridgehead atoms. The minimum Gasteiger partial charge on any atom is -0.492 e.